The molecule has 1 aliphatic heterocycles. The van der Waals surface area contributed by atoms with Crippen molar-refractivity contribution in [2.75, 3.05) is 6.54 Å². The van der Waals surface area contributed by atoms with E-state index in [1.807, 2.05) is 16.9 Å². The van der Waals surface area contributed by atoms with Crippen molar-refractivity contribution in [2.24, 2.45) is 0 Å². The second kappa shape index (κ2) is 8.58. The van der Waals surface area contributed by atoms with E-state index in [4.69, 9.17) is 0 Å². The first-order chi connectivity index (χ1) is 15.9. The van der Waals surface area contributed by atoms with E-state index in [2.05, 4.69) is 25.4 Å². The highest BCUT2D eigenvalue weighted by molar-refractivity contribution is 7.13. The summed E-state index contributed by atoms with van der Waals surface area (Å²) in [5.74, 6) is 0.918. The van der Waals surface area contributed by atoms with E-state index in [1.165, 1.54) is 17.4 Å². The molecular formula is C22H22FN7O2S. The smallest absolute Gasteiger partial charge is 0.267 e. The van der Waals surface area contributed by atoms with Crippen LogP contribution in [0.5, 0.6) is 0 Å². The number of nitrogens with zero attached hydrogens (tertiary/aromatic N) is 6. The number of aliphatic hydroxyl groups is 1. The maximum Gasteiger partial charge on any atom is 0.267 e. The van der Waals surface area contributed by atoms with Gasteiger partial charge in [-0.05, 0) is 37.6 Å². The lowest BCUT2D eigenvalue weighted by Crippen LogP contribution is -2.39. The predicted octanol–water partition coefficient (Wildman–Crippen LogP) is 2.59. The maximum atomic E-state index is 14.7. The van der Waals surface area contributed by atoms with E-state index in [0.717, 1.165) is 10.6 Å². The number of hydrogen-bond acceptors (Lipinski definition) is 8. The zero-order valence-corrected chi connectivity index (χ0v) is 18.9. The number of aromatic amines is 1. The summed E-state index contributed by atoms with van der Waals surface area (Å²) in [5.41, 5.74) is 1.95. The first kappa shape index (κ1) is 21.6. The third kappa shape index (κ3) is 4.10. The minimum atomic E-state index is -1.15. The highest BCUT2D eigenvalue weighted by Crippen LogP contribution is 2.32. The number of aromatic nitrogens is 6. The largest absolute Gasteiger partial charge is 0.374 e. The normalized spacial score (nSPS) is 17.2. The van der Waals surface area contributed by atoms with Crippen LogP contribution in [0.1, 0.15) is 47.4 Å². The average Bonchev–Trinajstić information content (AvgIpc) is 3.47. The summed E-state index contributed by atoms with van der Waals surface area (Å²) in [5, 5.41) is 28.9. The molecule has 0 fully saturated rings. The molecule has 2 atom stereocenters. The molecule has 4 heterocycles. The minimum Gasteiger partial charge on any atom is -0.374 e. The molecule has 0 saturated carbocycles. The maximum absolute atomic E-state index is 14.7. The van der Waals surface area contributed by atoms with Crippen molar-refractivity contribution in [3.63, 3.8) is 0 Å². The van der Waals surface area contributed by atoms with Gasteiger partial charge >= 0.3 is 0 Å². The van der Waals surface area contributed by atoms with Crippen molar-refractivity contribution in [1.82, 2.24) is 34.8 Å². The Morgan fingerprint density at radius 3 is 2.94 bits per heavy atom. The Hall–Kier alpha value is -3.28. The van der Waals surface area contributed by atoms with Crippen LogP contribution < -0.4 is 5.56 Å². The van der Waals surface area contributed by atoms with Gasteiger partial charge in [0.15, 0.2) is 10.8 Å². The van der Waals surface area contributed by atoms with Crippen molar-refractivity contribution in [2.45, 2.75) is 39.1 Å². The Kier molecular flexibility index (Phi) is 5.60. The van der Waals surface area contributed by atoms with Gasteiger partial charge in [0.2, 0.25) is 0 Å². The zero-order valence-electron chi connectivity index (χ0n) is 18.1. The predicted molar refractivity (Wildman–Crippen MR) is 120 cm³/mol. The number of H-pyrrole nitrogens is 1. The molecule has 0 radical (unpaired) electrons. The van der Waals surface area contributed by atoms with Crippen LogP contribution in [0.3, 0.4) is 0 Å². The molecule has 0 saturated heterocycles. The Morgan fingerprint density at radius 1 is 1.33 bits per heavy atom. The molecule has 0 bridgehead atoms. The Bertz CT molecular complexity index is 1350. The van der Waals surface area contributed by atoms with Crippen LogP contribution in [0.2, 0.25) is 0 Å². The number of benzene rings is 1. The van der Waals surface area contributed by atoms with Gasteiger partial charge in [0.25, 0.3) is 5.56 Å². The quantitative estimate of drug-likeness (QED) is 0.464. The number of fused-ring (bicyclic) bond motifs is 1. The summed E-state index contributed by atoms with van der Waals surface area (Å²) in [6, 6.07) is 6.33. The van der Waals surface area contributed by atoms with E-state index in [-0.39, 0.29) is 17.2 Å². The summed E-state index contributed by atoms with van der Waals surface area (Å²) < 4.78 is 16.8. The first-order valence-corrected chi connectivity index (χ1v) is 11.4. The van der Waals surface area contributed by atoms with Gasteiger partial charge < -0.3 is 9.67 Å². The van der Waals surface area contributed by atoms with E-state index in [9.17, 15) is 14.3 Å². The first-order valence-electron chi connectivity index (χ1n) is 10.5. The fourth-order valence-corrected chi connectivity index (χ4v) is 4.80. The Balaban J connectivity index is 1.39. The number of thiazole rings is 1. The summed E-state index contributed by atoms with van der Waals surface area (Å²) in [7, 11) is 0. The lowest BCUT2D eigenvalue weighted by atomic mass is 10.0. The SMILES string of the molecule is Cc1cc(Cc2ccc(F)c(C(O)N3Cc4nnc(-c5nccs5)n4C(C)C3)c2)n[nH]c1=O. The van der Waals surface area contributed by atoms with Gasteiger partial charge in [0.05, 0.1) is 12.2 Å². The molecule has 5 rings (SSSR count). The van der Waals surface area contributed by atoms with Crippen molar-refractivity contribution >= 4 is 11.3 Å². The van der Waals surface area contributed by atoms with Crippen LogP contribution in [-0.4, -0.2) is 46.5 Å². The Morgan fingerprint density at radius 2 is 2.18 bits per heavy atom. The molecule has 0 spiro atoms. The Labute approximate surface area is 192 Å². The molecule has 170 valence electrons. The van der Waals surface area contributed by atoms with Crippen LogP contribution in [0.25, 0.3) is 10.8 Å². The van der Waals surface area contributed by atoms with Gasteiger partial charge in [-0.2, -0.15) is 5.10 Å². The van der Waals surface area contributed by atoms with Gasteiger partial charge in [-0.3, -0.25) is 9.69 Å². The molecule has 0 amide bonds. The topological polar surface area (TPSA) is 113 Å². The van der Waals surface area contributed by atoms with Crippen molar-refractivity contribution in [3.8, 4) is 10.8 Å². The number of rotatable bonds is 5. The zero-order chi connectivity index (χ0) is 23.1. The third-order valence-electron chi connectivity index (χ3n) is 5.79. The molecule has 33 heavy (non-hydrogen) atoms. The summed E-state index contributed by atoms with van der Waals surface area (Å²) in [6.07, 6.45) is 0.983. The fourth-order valence-electron chi connectivity index (χ4n) is 4.18. The van der Waals surface area contributed by atoms with Crippen LogP contribution in [-0.2, 0) is 13.0 Å². The molecule has 2 N–H and O–H groups in total. The summed E-state index contributed by atoms with van der Waals surface area (Å²) in [4.78, 5) is 17.7. The third-order valence-corrected chi connectivity index (χ3v) is 6.56. The van der Waals surface area contributed by atoms with Crippen molar-refractivity contribution < 1.29 is 9.50 Å². The summed E-state index contributed by atoms with van der Waals surface area (Å²) >= 11 is 1.49. The fraction of sp³-hybridized carbons (Fsp3) is 0.318. The lowest BCUT2D eigenvalue weighted by Gasteiger charge is -2.35. The van der Waals surface area contributed by atoms with E-state index < -0.39 is 12.0 Å². The second-order valence-electron chi connectivity index (χ2n) is 8.20. The van der Waals surface area contributed by atoms with Crippen LogP contribution >= 0.6 is 11.3 Å². The number of nitrogens with one attached hydrogen (secondary N) is 1. The number of halogens is 1. The highest BCUT2D eigenvalue weighted by Gasteiger charge is 2.32. The van der Waals surface area contributed by atoms with Crippen LogP contribution in [0, 0.1) is 12.7 Å². The van der Waals surface area contributed by atoms with E-state index >= 15 is 0 Å². The molecule has 9 nitrogen and oxygen atoms in total. The average molecular weight is 468 g/mol. The van der Waals surface area contributed by atoms with Gasteiger partial charge in [-0.15, -0.1) is 21.5 Å². The van der Waals surface area contributed by atoms with E-state index in [1.54, 1.807) is 36.2 Å². The molecule has 1 aromatic carbocycles. The number of aryl methyl sites for hydroxylation is 1. The van der Waals surface area contributed by atoms with Gasteiger partial charge in [-0.1, -0.05) is 6.07 Å². The highest BCUT2D eigenvalue weighted by atomic mass is 32.1. The van der Waals surface area contributed by atoms with Crippen LogP contribution in [0.15, 0.2) is 40.6 Å². The van der Waals surface area contributed by atoms with E-state index in [0.29, 0.717) is 42.4 Å². The lowest BCUT2D eigenvalue weighted by molar-refractivity contribution is -0.0257. The minimum absolute atomic E-state index is 0.0307. The van der Waals surface area contributed by atoms with Gasteiger partial charge in [0.1, 0.15) is 17.9 Å². The molecule has 0 aliphatic carbocycles. The number of aliphatic hydroxyl groups excluding tert-OH is 1. The molecule has 3 aromatic heterocycles. The molecular weight excluding hydrogens is 445 g/mol. The monoisotopic (exact) mass is 467 g/mol. The molecule has 2 unspecified atom stereocenters. The van der Waals surface area contributed by atoms with Crippen molar-refractivity contribution in [3.05, 3.63) is 80.2 Å². The van der Waals surface area contributed by atoms with Crippen molar-refractivity contribution in [1.29, 1.82) is 0 Å². The van der Waals surface area contributed by atoms with Crippen LogP contribution in [0.4, 0.5) is 4.39 Å². The second-order valence-corrected chi connectivity index (χ2v) is 9.10. The molecule has 1 aliphatic rings. The van der Waals surface area contributed by atoms with Gasteiger partial charge in [-0.25, -0.2) is 14.5 Å². The standard InChI is InChI=1S/C22H22FN7O2S/c1-12-7-15(25-28-20(12)31)8-14-3-4-17(23)16(9-14)22(32)29-10-13(2)30-18(11-29)26-27-19(30)21-24-5-6-33-21/h3-7,9,13,22,32H,8,10-11H2,1-2H3,(H,28,31). The van der Waals surface area contributed by atoms with Gasteiger partial charge in [0, 0.05) is 41.7 Å². The molecule has 4 aromatic rings. The molecule has 11 heteroatoms. The summed E-state index contributed by atoms with van der Waals surface area (Å²) in [6.45, 7) is 4.54. The number of hydrogen-bond donors (Lipinski definition) is 2.